The lowest BCUT2D eigenvalue weighted by molar-refractivity contribution is 0.748. The van der Waals surface area contributed by atoms with Crippen molar-refractivity contribution >= 4 is 17.6 Å². The van der Waals surface area contributed by atoms with E-state index in [2.05, 4.69) is 21.5 Å². The molecule has 0 aliphatic rings. The van der Waals surface area contributed by atoms with Crippen molar-refractivity contribution in [3.8, 4) is 0 Å². The minimum Gasteiger partial charge on any atom is -0.370 e. The summed E-state index contributed by atoms with van der Waals surface area (Å²) in [6.45, 7) is 0.880. The van der Waals surface area contributed by atoms with Crippen molar-refractivity contribution in [1.82, 2.24) is 9.97 Å². The number of nitrogens with zero attached hydrogens (tertiary/aromatic N) is 1. The van der Waals surface area contributed by atoms with Gasteiger partial charge in [0.15, 0.2) is 0 Å². The van der Waals surface area contributed by atoms with Gasteiger partial charge in [-0.05, 0) is 24.9 Å². The van der Waals surface area contributed by atoms with E-state index in [1.165, 1.54) is 31.0 Å². The maximum atomic E-state index is 10.9. The largest absolute Gasteiger partial charge is 0.370 e. The SMILES string of the molecule is CSCCCCCNc1cc(=O)[nH]cn1. The summed E-state index contributed by atoms with van der Waals surface area (Å²) in [7, 11) is 0. The Morgan fingerprint density at radius 3 is 3.07 bits per heavy atom. The second-order valence-electron chi connectivity index (χ2n) is 3.28. The van der Waals surface area contributed by atoms with Crippen LogP contribution in [0, 0.1) is 0 Å². The summed E-state index contributed by atoms with van der Waals surface area (Å²) in [5, 5.41) is 3.12. The average molecular weight is 227 g/mol. The third-order valence-corrected chi connectivity index (χ3v) is 2.71. The molecule has 1 rings (SSSR count). The van der Waals surface area contributed by atoms with Crippen molar-refractivity contribution in [2.24, 2.45) is 0 Å². The van der Waals surface area contributed by atoms with Gasteiger partial charge in [-0.25, -0.2) is 4.98 Å². The smallest absolute Gasteiger partial charge is 0.252 e. The number of hydrogen-bond acceptors (Lipinski definition) is 4. The first kappa shape index (κ1) is 12.1. The zero-order valence-electron chi connectivity index (χ0n) is 8.95. The summed E-state index contributed by atoms with van der Waals surface area (Å²) in [6, 6.07) is 1.47. The molecule has 4 nitrogen and oxygen atoms in total. The monoisotopic (exact) mass is 227 g/mol. The topological polar surface area (TPSA) is 57.8 Å². The van der Waals surface area contributed by atoms with E-state index in [0.29, 0.717) is 5.82 Å². The molecule has 0 radical (unpaired) electrons. The number of nitrogens with one attached hydrogen (secondary N) is 2. The highest BCUT2D eigenvalue weighted by atomic mass is 32.2. The fourth-order valence-corrected chi connectivity index (χ4v) is 1.72. The van der Waals surface area contributed by atoms with E-state index < -0.39 is 0 Å². The Bertz CT molecular complexity index is 326. The maximum absolute atomic E-state index is 10.9. The first-order valence-corrected chi connectivity index (χ1v) is 6.50. The van der Waals surface area contributed by atoms with Crippen molar-refractivity contribution in [3.63, 3.8) is 0 Å². The van der Waals surface area contributed by atoms with E-state index >= 15 is 0 Å². The van der Waals surface area contributed by atoms with E-state index in [4.69, 9.17) is 0 Å². The van der Waals surface area contributed by atoms with Crippen LogP contribution in [-0.4, -0.2) is 28.5 Å². The van der Waals surface area contributed by atoms with Gasteiger partial charge in [-0.3, -0.25) is 4.79 Å². The minimum atomic E-state index is -0.116. The second kappa shape index (κ2) is 7.34. The van der Waals surface area contributed by atoms with Gasteiger partial charge in [-0.2, -0.15) is 11.8 Å². The summed E-state index contributed by atoms with van der Waals surface area (Å²) in [5.74, 6) is 1.88. The normalized spacial score (nSPS) is 10.2. The van der Waals surface area contributed by atoms with Crippen LogP contribution in [0.25, 0.3) is 0 Å². The summed E-state index contributed by atoms with van der Waals surface area (Å²) >= 11 is 1.88. The Morgan fingerprint density at radius 1 is 1.47 bits per heavy atom. The first-order valence-electron chi connectivity index (χ1n) is 5.10. The summed E-state index contributed by atoms with van der Waals surface area (Å²) in [4.78, 5) is 17.4. The molecule has 15 heavy (non-hydrogen) atoms. The molecule has 2 N–H and O–H groups in total. The van der Waals surface area contributed by atoms with Crippen LogP contribution in [0.5, 0.6) is 0 Å². The average Bonchev–Trinajstić information content (AvgIpc) is 2.23. The minimum absolute atomic E-state index is 0.116. The molecule has 1 aromatic heterocycles. The third kappa shape index (κ3) is 5.47. The number of unbranched alkanes of at least 4 members (excludes halogenated alkanes) is 2. The Balaban J connectivity index is 2.12. The lowest BCUT2D eigenvalue weighted by atomic mass is 10.2. The van der Waals surface area contributed by atoms with Gasteiger partial charge in [-0.1, -0.05) is 6.42 Å². The van der Waals surface area contributed by atoms with Crippen molar-refractivity contribution < 1.29 is 0 Å². The van der Waals surface area contributed by atoms with Crippen LogP contribution in [0.3, 0.4) is 0 Å². The highest BCUT2D eigenvalue weighted by Gasteiger charge is 1.93. The first-order chi connectivity index (χ1) is 7.33. The van der Waals surface area contributed by atoms with Gasteiger partial charge in [0.05, 0.1) is 6.33 Å². The number of aromatic nitrogens is 2. The third-order valence-electron chi connectivity index (χ3n) is 2.01. The van der Waals surface area contributed by atoms with E-state index in [1.54, 1.807) is 0 Å². The van der Waals surface area contributed by atoms with Crippen molar-refractivity contribution in [2.75, 3.05) is 23.9 Å². The number of aromatic amines is 1. The molecule has 0 saturated carbocycles. The molecular formula is C10H17N3OS. The molecule has 0 aliphatic heterocycles. The van der Waals surface area contributed by atoms with Gasteiger partial charge in [0, 0.05) is 12.6 Å². The molecule has 5 heteroatoms. The van der Waals surface area contributed by atoms with Gasteiger partial charge >= 0.3 is 0 Å². The molecule has 0 atom stereocenters. The van der Waals surface area contributed by atoms with Crippen molar-refractivity contribution in [1.29, 1.82) is 0 Å². The molecule has 1 heterocycles. The van der Waals surface area contributed by atoms with Gasteiger partial charge in [0.2, 0.25) is 0 Å². The highest BCUT2D eigenvalue weighted by molar-refractivity contribution is 7.98. The number of hydrogen-bond donors (Lipinski definition) is 2. The van der Waals surface area contributed by atoms with Crippen LogP contribution < -0.4 is 10.9 Å². The van der Waals surface area contributed by atoms with Crippen molar-refractivity contribution in [2.45, 2.75) is 19.3 Å². The molecule has 0 spiro atoms. The summed E-state index contributed by atoms with van der Waals surface area (Å²) in [5.41, 5.74) is -0.116. The van der Waals surface area contributed by atoms with E-state index in [-0.39, 0.29) is 5.56 Å². The molecule has 0 unspecified atom stereocenters. The van der Waals surface area contributed by atoms with Crippen LogP contribution in [0.2, 0.25) is 0 Å². The van der Waals surface area contributed by atoms with Crippen LogP contribution in [0.4, 0.5) is 5.82 Å². The van der Waals surface area contributed by atoms with Crippen molar-refractivity contribution in [3.05, 3.63) is 22.7 Å². The Morgan fingerprint density at radius 2 is 2.33 bits per heavy atom. The van der Waals surface area contributed by atoms with Crippen LogP contribution in [0.15, 0.2) is 17.2 Å². The number of rotatable bonds is 7. The zero-order chi connectivity index (χ0) is 10.9. The molecule has 0 bridgehead atoms. The standard InChI is InChI=1S/C10H17N3OS/c1-15-6-4-2-3-5-11-9-7-10(14)13-8-12-9/h7-8H,2-6H2,1H3,(H2,11,12,13,14). The lowest BCUT2D eigenvalue weighted by Gasteiger charge is -2.03. The van der Waals surface area contributed by atoms with Gasteiger partial charge in [0.25, 0.3) is 5.56 Å². The Labute approximate surface area is 93.9 Å². The van der Waals surface area contributed by atoms with Crippen LogP contribution in [-0.2, 0) is 0 Å². The Kier molecular flexibility index (Phi) is 5.92. The molecule has 0 aliphatic carbocycles. The predicted octanol–water partition coefficient (Wildman–Crippen LogP) is 1.72. The summed E-state index contributed by atoms with van der Waals surface area (Å²) in [6.07, 6.45) is 7.13. The van der Waals surface area contributed by atoms with E-state index in [9.17, 15) is 4.79 Å². The van der Waals surface area contributed by atoms with E-state index in [1.807, 2.05) is 11.8 Å². The summed E-state index contributed by atoms with van der Waals surface area (Å²) < 4.78 is 0. The molecule has 84 valence electrons. The van der Waals surface area contributed by atoms with Crippen LogP contribution >= 0.6 is 11.8 Å². The van der Waals surface area contributed by atoms with Gasteiger partial charge < -0.3 is 10.3 Å². The second-order valence-corrected chi connectivity index (χ2v) is 4.26. The van der Waals surface area contributed by atoms with Gasteiger partial charge in [0.1, 0.15) is 5.82 Å². The van der Waals surface area contributed by atoms with Gasteiger partial charge in [-0.15, -0.1) is 0 Å². The molecule has 1 aromatic rings. The maximum Gasteiger partial charge on any atom is 0.252 e. The number of H-pyrrole nitrogens is 1. The fourth-order valence-electron chi connectivity index (χ4n) is 1.23. The Hall–Kier alpha value is -0.970. The fraction of sp³-hybridized carbons (Fsp3) is 0.600. The van der Waals surface area contributed by atoms with Crippen LogP contribution in [0.1, 0.15) is 19.3 Å². The van der Waals surface area contributed by atoms with E-state index in [0.717, 1.165) is 13.0 Å². The predicted molar refractivity (Wildman–Crippen MR) is 65.6 cm³/mol. The molecule has 0 fully saturated rings. The number of thioether (sulfide) groups is 1. The zero-order valence-corrected chi connectivity index (χ0v) is 9.77. The molecule has 0 saturated heterocycles. The lowest BCUT2D eigenvalue weighted by Crippen LogP contribution is -2.09. The molecular weight excluding hydrogens is 210 g/mol. The molecule has 0 aromatic carbocycles. The highest BCUT2D eigenvalue weighted by Crippen LogP contribution is 2.03. The number of anilines is 1. The quantitative estimate of drug-likeness (QED) is 0.696. The molecule has 0 amide bonds.